The Bertz CT molecular complexity index is 357. The summed E-state index contributed by atoms with van der Waals surface area (Å²) in [5.41, 5.74) is 3.41. The minimum atomic E-state index is -0.262. The van der Waals surface area contributed by atoms with E-state index in [1.807, 2.05) is 0 Å². The summed E-state index contributed by atoms with van der Waals surface area (Å²) in [4.78, 5) is 0. The van der Waals surface area contributed by atoms with Crippen LogP contribution in [0.5, 0.6) is 0 Å². The van der Waals surface area contributed by atoms with Crippen molar-refractivity contribution in [2.75, 3.05) is 0 Å². The van der Waals surface area contributed by atoms with Crippen molar-refractivity contribution in [3.05, 3.63) is 34.6 Å². The zero-order valence-electron chi connectivity index (χ0n) is 10.3. The SMILES string of the molecule is CCC(C)CC(Cc1ccc(Cl)cc1F)NN. The standard InChI is InChI=1S/C13H20ClFN2/c1-3-9(2)6-12(17-16)7-10-4-5-11(14)8-13(10)15/h4-5,8-9,12,17H,3,6-7,16H2,1-2H3. The first kappa shape index (κ1) is 14.4. The van der Waals surface area contributed by atoms with E-state index in [0.29, 0.717) is 22.9 Å². The Kier molecular flexibility index (Phi) is 5.89. The Hall–Kier alpha value is -0.640. The van der Waals surface area contributed by atoms with Crippen LogP contribution in [0.2, 0.25) is 5.02 Å². The van der Waals surface area contributed by atoms with Crippen LogP contribution in [-0.2, 0) is 6.42 Å². The van der Waals surface area contributed by atoms with Crippen LogP contribution < -0.4 is 11.3 Å². The number of hydrogen-bond donors (Lipinski definition) is 2. The first-order valence-electron chi connectivity index (χ1n) is 5.96. The summed E-state index contributed by atoms with van der Waals surface area (Å²) in [6.45, 7) is 4.31. The van der Waals surface area contributed by atoms with E-state index in [-0.39, 0.29) is 11.9 Å². The molecule has 0 saturated heterocycles. The van der Waals surface area contributed by atoms with E-state index >= 15 is 0 Å². The lowest BCUT2D eigenvalue weighted by Crippen LogP contribution is -2.38. The zero-order valence-corrected chi connectivity index (χ0v) is 11.1. The highest BCUT2D eigenvalue weighted by molar-refractivity contribution is 6.30. The van der Waals surface area contributed by atoms with Gasteiger partial charge >= 0.3 is 0 Å². The van der Waals surface area contributed by atoms with Crippen LogP contribution in [0.15, 0.2) is 18.2 Å². The summed E-state index contributed by atoms with van der Waals surface area (Å²) in [6, 6.07) is 4.86. The molecule has 1 aromatic carbocycles. The highest BCUT2D eigenvalue weighted by Crippen LogP contribution is 2.18. The van der Waals surface area contributed by atoms with Gasteiger partial charge in [-0.05, 0) is 36.5 Å². The molecular weight excluding hydrogens is 239 g/mol. The molecule has 0 radical (unpaired) electrons. The zero-order chi connectivity index (χ0) is 12.8. The molecular formula is C13H20ClFN2. The lowest BCUT2D eigenvalue weighted by atomic mass is 9.95. The van der Waals surface area contributed by atoms with Crippen LogP contribution in [0.25, 0.3) is 0 Å². The monoisotopic (exact) mass is 258 g/mol. The minimum absolute atomic E-state index is 0.0978. The van der Waals surface area contributed by atoms with Crippen molar-refractivity contribution in [3.8, 4) is 0 Å². The summed E-state index contributed by atoms with van der Waals surface area (Å²) in [5.74, 6) is 5.82. The molecule has 0 heterocycles. The van der Waals surface area contributed by atoms with Gasteiger partial charge in [0.1, 0.15) is 5.82 Å². The van der Waals surface area contributed by atoms with Crippen LogP contribution in [-0.4, -0.2) is 6.04 Å². The maximum absolute atomic E-state index is 13.6. The molecule has 2 atom stereocenters. The Balaban J connectivity index is 2.67. The van der Waals surface area contributed by atoms with Crippen molar-refractivity contribution in [1.29, 1.82) is 0 Å². The molecule has 0 aliphatic carbocycles. The lowest BCUT2D eigenvalue weighted by molar-refractivity contribution is 0.393. The summed E-state index contributed by atoms with van der Waals surface area (Å²) in [7, 11) is 0. The van der Waals surface area contributed by atoms with E-state index in [9.17, 15) is 4.39 Å². The maximum Gasteiger partial charge on any atom is 0.127 e. The quantitative estimate of drug-likeness (QED) is 0.607. The summed E-state index contributed by atoms with van der Waals surface area (Å²) in [5, 5.41) is 0.422. The van der Waals surface area contributed by atoms with Crippen molar-refractivity contribution < 1.29 is 4.39 Å². The third-order valence-corrected chi connectivity index (χ3v) is 3.34. The molecule has 4 heteroatoms. The van der Waals surface area contributed by atoms with Crippen molar-refractivity contribution in [3.63, 3.8) is 0 Å². The van der Waals surface area contributed by atoms with E-state index in [1.165, 1.54) is 6.07 Å². The smallest absolute Gasteiger partial charge is 0.127 e. The van der Waals surface area contributed by atoms with E-state index in [2.05, 4.69) is 19.3 Å². The average Bonchev–Trinajstić information content (AvgIpc) is 2.31. The highest BCUT2D eigenvalue weighted by atomic mass is 35.5. The molecule has 1 rings (SSSR count). The lowest BCUT2D eigenvalue weighted by Gasteiger charge is -2.19. The first-order valence-corrected chi connectivity index (χ1v) is 6.34. The van der Waals surface area contributed by atoms with Gasteiger partial charge in [0.2, 0.25) is 0 Å². The molecule has 0 aliphatic rings. The Morgan fingerprint density at radius 2 is 2.18 bits per heavy atom. The van der Waals surface area contributed by atoms with Crippen LogP contribution >= 0.6 is 11.6 Å². The van der Waals surface area contributed by atoms with E-state index in [0.717, 1.165) is 12.8 Å². The van der Waals surface area contributed by atoms with Crippen molar-refractivity contribution in [2.24, 2.45) is 11.8 Å². The van der Waals surface area contributed by atoms with Gasteiger partial charge in [-0.2, -0.15) is 0 Å². The van der Waals surface area contributed by atoms with Crippen molar-refractivity contribution in [1.82, 2.24) is 5.43 Å². The van der Waals surface area contributed by atoms with Crippen LogP contribution in [0.3, 0.4) is 0 Å². The van der Waals surface area contributed by atoms with Crippen LogP contribution in [0.1, 0.15) is 32.3 Å². The molecule has 0 fully saturated rings. The van der Waals surface area contributed by atoms with Gasteiger partial charge in [0, 0.05) is 11.1 Å². The molecule has 2 unspecified atom stereocenters. The van der Waals surface area contributed by atoms with E-state index in [1.54, 1.807) is 12.1 Å². The Morgan fingerprint density at radius 3 is 2.71 bits per heavy atom. The summed E-state index contributed by atoms with van der Waals surface area (Å²) in [6.07, 6.45) is 2.63. The van der Waals surface area contributed by atoms with Crippen molar-refractivity contribution in [2.45, 2.75) is 39.2 Å². The van der Waals surface area contributed by atoms with Crippen LogP contribution in [0.4, 0.5) is 4.39 Å². The first-order chi connectivity index (χ1) is 8.06. The number of halogens is 2. The van der Waals surface area contributed by atoms with Gasteiger partial charge in [-0.3, -0.25) is 11.3 Å². The van der Waals surface area contributed by atoms with Gasteiger partial charge in [0.15, 0.2) is 0 Å². The summed E-state index contributed by atoms with van der Waals surface area (Å²) < 4.78 is 13.6. The number of nitrogens with two attached hydrogens (primary N) is 1. The van der Waals surface area contributed by atoms with Gasteiger partial charge in [0.05, 0.1) is 0 Å². The third-order valence-electron chi connectivity index (χ3n) is 3.10. The molecule has 0 aromatic heterocycles. The molecule has 0 bridgehead atoms. The van der Waals surface area contributed by atoms with Crippen LogP contribution in [0, 0.1) is 11.7 Å². The molecule has 0 aliphatic heterocycles. The fourth-order valence-corrected chi connectivity index (χ4v) is 1.97. The fraction of sp³-hybridized carbons (Fsp3) is 0.538. The fourth-order valence-electron chi connectivity index (χ4n) is 1.82. The van der Waals surface area contributed by atoms with Gasteiger partial charge in [0.25, 0.3) is 0 Å². The molecule has 2 nitrogen and oxygen atoms in total. The predicted octanol–water partition coefficient (Wildman–Crippen LogP) is 3.29. The molecule has 96 valence electrons. The number of hydrazine groups is 1. The molecule has 1 aromatic rings. The molecule has 3 N–H and O–H groups in total. The van der Waals surface area contributed by atoms with Crippen molar-refractivity contribution >= 4 is 11.6 Å². The normalized spacial score (nSPS) is 14.6. The maximum atomic E-state index is 13.6. The Morgan fingerprint density at radius 1 is 1.47 bits per heavy atom. The molecule has 0 amide bonds. The van der Waals surface area contributed by atoms with Gasteiger partial charge in [-0.25, -0.2) is 4.39 Å². The van der Waals surface area contributed by atoms with Gasteiger partial charge < -0.3 is 0 Å². The van der Waals surface area contributed by atoms with E-state index in [4.69, 9.17) is 17.4 Å². The van der Waals surface area contributed by atoms with Gasteiger partial charge in [-0.15, -0.1) is 0 Å². The second-order valence-corrected chi connectivity index (χ2v) is 4.99. The summed E-state index contributed by atoms with van der Waals surface area (Å²) >= 11 is 5.71. The third kappa shape index (κ3) is 4.62. The predicted molar refractivity (Wildman–Crippen MR) is 70.3 cm³/mol. The highest BCUT2D eigenvalue weighted by Gasteiger charge is 2.14. The van der Waals surface area contributed by atoms with Gasteiger partial charge in [-0.1, -0.05) is 37.9 Å². The number of benzene rings is 1. The Labute approximate surface area is 107 Å². The number of hydrogen-bond acceptors (Lipinski definition) is 2. The van der Waals surface area contributed by atoms with E-state index < -0.39 is 0 Å². The molecule has 17 heavy (non-hydrogen) atoms. The second kappa shape index (κ2) is 6.94. The second-order valence-electron chi connectivity index (χ2n) is 4.55. The average molecular weight is 259 g/mol. The number of rotatable bonds is 6. The minimum Gasteiger partial charge on any atom is -0.271 e. The molecule has 0 spiro atoms. The topological polar surface area (TPSA) is 38.0 Å². The number of nitrogens with one attached hydrogen (secondary N) is 1. The largest absolute Gasteiger partial charge is 0.271 e. The molecule has 0 saturated carbocycles.